The van der Waals surface area contributed by atoms with Crippen LogP contribution in [0, 0.1) is 10.1 Å². The zero-order valence-electron chi connectivity index (χ0n) is 14.0. The lowest BCUT2D eigenvalue weighted by Crippen LogP contribution is -2.31. The van der Waals surface area contributed by atoms with Crippen molar-refractivity contribution in [2.24, 2.45) is 0 Å². The minimum atomic E-state index is -0.557. The zero-order valence-corrected chi connectivity index (χ0v) is 15.5. The summed E-state index contributed by atoms with van der Waals surface area (Å²) in [4.78, 5) is 22.4. The lowest BCUT2D eigenvalue weighted by Gasteiger charge is -2.16. The van der Waals surface area contributed by atoms with E-state index >= 15 is 0 Å². The molecule has 0 aromatic heterocycles. The highest BCUT2D eigenvalue weighted by molar-refractivity contribution is 6.42. The molecule has 0 aliphatic heterocycles. The molecule has 0 radical (unpaired) electrons. The van der Waals surface area contributed by atoms with Gasteiger partial charge in [0.2, 0.25) is 0 Å². The SMILES string of the molecule is COc1ccc([N+](=O)[O-])cc1OCC(=O)N[C@@H](C)c1ccc(Cl)c(Cl)c1. The van der Waals surface area contributed by atoms with Crippen molar-refractivity contribution in [1.29, 1.82) is 0 Å². The van der Waals surface area contributed by atoms with Crippen molar-refractivity contribution < 1.29 is 19.2 Å². The van der Waals surface area contributed by atoms with Gasteiger partial charge >= 0.3 is 0 Å². The van der Waals surface area contributed by atoms with Crippen LogP contribution in [0.15, 0.2) is 36.4 Å². The van der Waals surface area contributed by atoms with Gasteiger partial charge in [-0.3, -0.25) is 14.9 Å². The second-order valence-electron chi connectivity index (χ2n) is 5.34. The van der Waals surface area contributed by atoms with Crippen LogP contribution in [0.1, 0.15) is 18.5 Å². The predicted octanol–water partition coefficient (Wildman–Crippen LogP) is 4.17. The molecule has 0 spiro atoms. The minimum Gasteiger partial charge on any atom is -0.493 e. The molecule has 1 N–H and O–H groups in total. The third-order valence-corrected chi connectivity index (χ3v) is 4.28. The lowest BCUT2D eigenvalue weighted by molar-refractivity contribution is -0.385. The largest absolute Gasteiger partial charge is 0.493 e. The Labute approximate surface area is 160 Å². The van der Waals surface area contributed by atoms with Crippen LogP contribution in [0.2, 0.25) is 10.0 Å². The molecule has 0 bridgehead atoms. The number of non-ortho nitro benzene ring substituents is 1. The fourth-order valence-electron chi connectivity index (χ4n) is 2.18. The molecule has 0 heterocycles. The van der Waals surface area contributed by atoms with Gasteiger partial charge in [0, 0.05) is 6.07 Å². The number of benzene rings is 2. The number of nitrogens with one attached hydrogen (secondary N) is 1. The van der Waals surface area contributed by atoms with Crippen molar-refractivity contribution in [1.82, 2.24) is 5.32 Å². The molecule has 7 nitrogen and oxygen atoms in total. The summed E-state index contributed by atoms with van der Waals surface area (Å²) in [7, 11) is 1.40. The number of halogens is 2. The van der Waals surface area contributed by atoms with Crippen LogP contribution in [-0.2, 0) is 4.79 Å². The summed E-state index contributed by atoms with van der Waals surface area (Å²) in [5, 5.41) is 14.4. The summed E-state index contributed by atoms with van der Waals surface area (Å²) >= 11 is 11.8. The highest BCUT2D eigenvalue weighted by Gasteiger charge is 2.15. The molecule has 138 valence electrons. The topological polar surface area (TPSA) is 90.7 Å². The number of nitro groups is 1. The summed E-state index contributed by atoms with van der Waals surface area (Å²) < 4.78 is 10.5. The molecule has 2 aromatic carbocycles. The van der Waals surface area contributed by atoms with E-state index in [9.17, 15) is 14.9 Å². The molecular weight excluding hydrogens is 383 g/mol. The second-order valence-corrected chi connectivity index (χ2v) is 6.16. The lowest BCUT2D eigenvalue weighted by atomic mass is 10.1. The number of carbonyl (C=O) groups excluding carboxylic acids is 1. The molecule has 0 unspecified atom stereocenters. The third kappa shape index (κ3) is 5.00. The summed E-state index contributed by atoms with van der Waals surface area (Å²) in [6.45, 7) is 1.45. The van der Waals surface area contributed by atoms with E-state index in [2.05, 4.69) is 5.32 Å². The van der Waals surface area contributed by atoms with Gasteiger partial charge in [-0.2, -0.15) is 0 Å². The number of amides is 1. The van der Waals surface area contributed by atoms with E-state index in [-0.39, 0.29) is 24.1 Å². The van der Waals surface area contributed by atoms with E-state index in [4.69, 9.17) is 32.7 Å². The number of carbonyl (C=O) groups is 1. The van der Waals surface area contributed by atoms with Crippen LogP contribution in [-0.4, -0.2) is 24.5 Å². The zero-order chi connectivity index (χ0) is 19.3. The van der Waals surface area contributed by atoms with Gasteiger partial charge in [-0.1, -0.05) is 29.3 Å². The van der Waals surface area contributed by atoms with Crippen molar-refractivity contribution in [3.05, 3.63) is 62.1 Å². The van der Waals surface area contributed by atoms with E-state index < -0.39 is 10.8 Å². The summed E-state index contributed by atoms with van der Waals surface area (Å²) in [6, 6.07) is 8.64. The Morgan fingerprint density at radius 2 is 1.92 bits per heavy atom. The smallest absolute Gasteiger partial charge is 0.273 e. The van der Waals surface area contributed by atoms with Gasteiger partial charge in [0.15, 0.2) is 18.1 Å². The van der Waals surface area contributed by atoms with E-state index in [1.807, 2.05) is 0 Å². The number of methoxy groups -OCH3 is 1. The second kappa shape index (κ2) is 8.73. The fraction of sp³-hybridized carbons (Fsp3) is 0.235. The van der Waals surface area contributed by atoms with Gasteiger partial charge in [-0.25, -0.2) is 0 Å². The molecule has 0 saturated heterocycles. The molecule has 2 aromatic rings. The number of nitrogens with zero attached hydrogens (tertiary/aromatic N) is 1. The van der Waals surface area contributed by atoms with Crippen molar-refractivity contribution in [3.8, 4) is 11.5 Å². The molecule has 1 amide bonds. The van der Waals surface area contributed by atoms with Gasteiger partial charge < -0.3 is 14.8 Å². The van der Waals surface area contributed by atoms with Crippen LogP contribution < -0.4 is 14.8 Å². The number of hydrogen-bond donors (Lipinski definition) is 1. The van der Waals surface area contributed by atoms with Crippen LogP contribution in [0.5, 0.6) is 11.5 Å². The molecule has 2 rings (SSSR count). The Kier molecular flexibility index (Phi) is 6.65. The Morgan fingerprint density at radius 3 is 2.54 bits per heavy atom. The maximum absolute atomic E-state index is 12.1. The Bertz CT molecular complexity index is 829. The standard InChI is InChI=1S/C17H16Cl2N2O5/c1-10(11-3-5-13(18)14(19)7-11)20-17(22)9-26-16-8-12(21(23)24)4-6-15(16)25-2/h3-8,10H,9H2,1-2H3,(H,20,22)/t10-/m0/s1. The molecule has 1 atom stereocenters. The van der Waals surface area contributed by atoms with E-state index in [1.165, 1.54) is 25.3 Å². The first-order valence-corrected chi connectivity index (χ1v) is 8.27. The molecule has 0 fully saturated rings. The quantitative estimate of drug-likeness (QED) is 0.558. The van der Waals surface area contributed by atoms with E-state index in [0.717, 1.165) is 5.56 Å². The Morgan fingerprint density at radius 1 is 1.19 bits per heavy atom. The summed E-state index contributed by atoms with van der Waals surface area (Å²) in [6.07, 6.45) is 0. The van der Waals surface area contributed by atoms with E-state index in [0.29, 0.717) is 15.8 Å². The van der Waals surface area contributed by atoms with Crippen molar-refractivity contribution in [2.45, 2.75) is 13.0 Å². The average molecular weight is 399 g/mol. The Balaban J connectivity index is 2.01. The molecule has 0 aliphatic carbocycles. The number of ether oxygens (including phenoxy) is 2. The van der Waals surface area contributed by atoms with Gasteiger partial charge in [-0.05, 0) is 30.7 Å². The van der Waals surface area contributed by atoms with Crippen LogP contribution in [0.25, 0.3) is 0 Å². The highest BCUT2D eigenvalue weighted by atomic mass is 35.5. The third-order valence-electron chi connectivity index (χ3n) is 3.54. The molecular formula is C17H16Cl2N2O5. The van der Waals surface area contributed by atoms with Crippen LogP contribution >= 0.6 is 23.2 Å². The number of hydrogen-bond acceptors (Lipinski definition) is 5. The summed E-state index contributed by atoms with van der Waals surface area (Å²) in [5.74, 6) is -0.00268. The first-order chi connectivity index (χ1) is 12.3. The van der Waals surface area contributed by atoms with Crippen molar-refractivity contribution >= 4 is 34.8 Å². The van der Waals surface area contributed by atoms with Crippen molar-refractivity contribution in [3.63, 3.8) is 0 Å². The maximum atomic E-state index is 12.1. The van der Waals surface area contributed by atoms with Gasteiger partial charge in [0.05, 0.1) is 34.2 Å². The first-order valence-electron chi connectivity index (χ1n) is 7.51. The van der Waals surface area contributed by atoms with Gasteiger partial charge in [0.25, 0.3) is 11.6 Å². The summed E-state index contributed by atoms with van der Waals surface area (Å²) in [5.41, 5.74) is 0.617. The normalized spacial score (nSPS) is 11.5. The van der Waals surface area contributed by atoms with Gasteiger partial charge in [-0.15, -0.1) is 0 Å². The van der Waals surface area contributed by atoms with E-state index in [1.54, 1.807) is 25.1 Å². The molecule has 0 aliphatic rings. The predicted molar refractivity (Wildman–Crippen MR) is 98.2 cm³/mol. The molecule has 0 saturated carbocycles. The number of nitro benzene ring substituents is 1. The number of rotatable bonds is 7. The Hall–Kier alpha value is -2.51. The highest BCUT2D eigenvalue weighted by Crippen LogP contribution is 2.31. The molecule has 9 heteroatoms. The van der Waals surface area contributed by atoms with Crippen LogP contribution in [0.3, 0.4) is 0 Å². The minimum absolute atomic E-state index is 0.110. The van der Waals surface area contributed by atoms with Crippen LogP contribution in [0.4, 0.5) is 5.69 Å². The average Bonchev–Trinajstić information content (AvgIpc) is 2.61. The molecule has 26 heavy (non-hydrogen) atoms. The monoisotopic (exact) mass is 398 g/mol. The maximum Gasteiger partial charge on any atom is 0.273 e. The van der Waals surface area contributed by atoms with Crippen molar-refractivity contribution in [2.75, 3.05) is 13.7 Å². The fourth-order valence-corrected chi connectivity index (χ4v) is 2.49. The van der Waals surface area contributed by atoms with Gasteiger partial charge in [0.1, 0.15) is 0 Å². The first kappa shape index (κ1) is 19.8.